The lowest BCUT2D eigenvalue weighted by atomic mass is 10.5. The first-order valence-corrected chi connectivity index (χ1v) is 4.05. The van der Waals surface area contributed by atoms with Crippen LogP contribution in [0.1, 0.15) is 0 Å². The molecule has 0 unspecified atom stereocenters. The number of amides is 2. The molecule has 0 saturated carbocycles. The number of nitrogens with one attached hydrogen (secondary N) is 2. The smallest absolute Gasteiger partial charge is 0.245 e. The lowest BCUT2D eigenvalue weighted by Gasteiger charge is -2.05. The molecule has 7 nitrogen and oxygen atoms in total. The van der Waals surface area contributed by atoms with E-state index in [9.17, 15) is 9.59 Å². The number of rotatable bonds is 8. The lowest BCUT2D eigenvalue weighted by molar-refractivity contribution is -0.129. The zero-order chi connectivity index (χ0) is 10.8. The molecule has 0 aromatic carbocycles. The summed E-state index contributed by atoms with van der Waals surface area (Å²) in [7, 11) is 1.54. The average Bonchev–Trinajstić information content (AvgIpc) is 2.13. The number of carbonyl (C=O) groups excluding carboxylic acids is 2. The van der Waals surface area contributed by atoms with Gasteiger partial charge in [0.25, 0.3) is 0 Å². The Labute approximate surface area is 81.9 Å². The van der Waals surface area contributed by atoms with E-state index in [1.165, 1.54) is 0 Å². The van der Waals surface area contributed by atoms with Crippen molar-refractivity contribution in [1.29, 1.82) is 0 Å². The summed E-state index contributed by atoms with van der Waals surface area (Å²) in [5.74, 6) is -0.844. The van der Waals surface area contributed by atoms with Gasteiger partial charge in [-0.05, 0) is 0 Å². The van der Waals surface area contributed by atoms with Gasteiger partial charge in [-0.1, -0.05) is 0 Å². The molecule has 0 spiro atoms. The van der Waals surface area contributed by atoms with Crippen molar-refractivity contribution in [3.05, 3.63) is 0 Å². The van der Waals surface area contributed by atoms with Crippen molar-refractivity contribution >= 4 is 11.8 Å². The normalized spacial score (nSPS) is 9.79. The van der Waals surface area contributed by atoms with Gasteiger partial charge < -0.3 is 15.8 Å². The van der Waals surface area contributed by atoms with Gasteiger partial charge in [0, 0.05) is 13.7 Å². The molecule has 4 N–H and O–H groups in total. The highest BCUT2D eigenvalue weighted by atomic mass is 16.6. The van der Waals surface area contributed by atoms with E-state index in [1.54, 1.807) is 7.11 Å². The molecule has 0 heterocycles. The van der Waals surface area contributed by atoms with E-state index in [0.29, 0.717) is 13.2 Å². The van der Waals surface area contributed by atoms with Gasteiger partial charge >= 0.3 is 0 Å². The molecule has 0 bridgehead atoms. The zero-order valence-electron chi connectivity index (χ0n) is 8.04. The third-order valence-corrected chi connectivity index (χ3v) is 1.18. The Balaban J connectivity index is 3.22. The van der Waals surface area contributed by atoms with Crippen LogP contribution < -0.4 is 16.5 Å². The van der Waals surface area contributed by atoms with Crippen LogP contribution in [0.25, 0.3) is 0 Å². The minimum Gasteiger partial charge on any atom is -0.383 e. The van der Waals surface area contributed by atoms with Crippen LogP contribution in [0.15, 0.2) is 0 Å². The number of primary amides is 1. The first-order chi connectivity index (χ1) is 6.66. The zero-order valence-corrected chi connectivity index (χ0v) is 8.04. The van der Waals surface area contributed by atoms with Crippen molar-refractivity contribution < 1.29 is 19.2 Å². The maximum atomic E-state index is 10.9. The summed E-state index contributed by atoms with van der Waals surface area (Å²) in [5.41, 5.74) is 7.08. The number of hydrogen-bond acceptors (Lipinski definition) is 5. The first-order valence-electron chi connectivity index (χ1n) is 4.05. The Bertz CT molecular complexity index is 186. The lowest BCUT2D eigenvalue weighted by Crippen LogP contribution is -2.36. The minimum absolute atomic E-state index is 0.0308. The van der Waals surface area contributed by atoms with Gasteiger partial charge in [0.05, 0.1) is 13.2 Å². The second-order valence-electron chi connectivity index (χ2n) is 2.42. The van der Waals surface area contributed by atoms with E-state index in [1.807, 2.05) is 0 Å². The molecule has 0 atom stereocenters. The number of carbonyl (C=O) groups is 2. The molecule has 0 aromatic rings. The highest BCUT2D eigenvalue weighted by molar-refractivity contribution is 5.78. The molecule has 82 valence electrons. The average molecular weight is 205 g/mol. The highest BCUT2D eigenvalue weighted by Gasteiger charge is 2.00. The van der Waals surface area contributed by atoms with E-state index < -0.39 is 5.91 Å². The van der Waals surface area contributed by atoms with Crippen LogP contribution in [0, 0.1) is 0 Å². The van der Waals surface area contributed by atoms with Crippen molar-refractivity contribution in [1.82, 2.24) is 10.8 Å². The van der Waals surface area contributed by atoms with Gasteiger partial charge in [-0.2, -0.15) is 5.48 Å². The predicted molar refractivity (Wildman–Crippen MR) is 48.0 cm³/mol. The van der Waals surface area contributed by atoms with Gasteiger partial charge in [0.15, 0.2) is 0 Å². The van der Waals surface area contributed by atoms with Crippen LogP contribution in [0.5, 0.6) is 0 Å². The summed E-state index contributed by atoms with van der Waals surface area (Å²) in [4.78, 5) is 25.7. The Morgan fingerprint density at radius 1 is 1.43 bits per heavy atom. The van der Waals surface area contributed by atoms with Crippen LogP contribution >= 0.6 is 0 Å². The van der Waals surface area contributed by atoms with Gasteiger partial charge in [-0.3, -0.25) is 14.4 Å². The largest absolute Gasteiger partial charge is 0.383 e. The summed E-state index contributed by atoms with van der Waals surface area (Å²) in [6.07, 6.45) is 0. The maximum absolute atomic E-state index is 10.9. The molecule has 7 heteroatoms. The molecule has 0 radical (unpaired) electrons. The predicted octanol–water partition coefficient (Wildman–Crippen LogP) is -2.24. The van der Waals surface area contributed by atoms with E-state index in [-0.39, 0.29) is 19.1 Å². The van der Waals surface area contributed by atoms with Crippen molar-refractivity contribution in [3.63, 3.8) is 0 Å². The Hall–Kier alpha value is -1.18. The Kier molecular flexibility index (Phi) is 7.71. The van der Waals surface area contributed by atoms with Gasteiger partial charge in [-0.15, -0.1) is 0 Å². The molecular formula is C7H15N3O4. The molecule has 0 saturated heterocycles. The van der Waals surface area contributed by atoms with Gasteiger partial charge in [0.1, 0.15) is 6.61 Å². The molecule has 0 fully saturated rings. The maximum Gasteiger partial charge on any atom is 0.245 e. The first kappa shape index (κ1) is 12.8. The topological polar surface area (TPSA) is 103 Å². The number of ether oxygens (including phenoxy) is 1. The minimum atomic E-state index is -0.600. The number of nitrogens with two attached hydrogens (primary N) is 1. The van der Waals surface area contributed by atoms with E-state index in [0.717, 1.165) is 0 Å². The van der Waals surface area contributed by atoms with Crippen LogP contribution in [-0.4, -0.2) is 45.2 Å². The molecule has 0 aliphatic carbocycles. The Morgan fingerprint density at radius 2 is 2.14 bits per heavy atom. The van der Waals surface area contributed by atoms with Crippen molar-refractivity contribution in [3.8, 4) is 0 Å². The number of hydroxylamine groups is 1. The molecular weight excluding hydrogens is 190 g/mol. The third-order valence-electron chi connectivity index (χ3n) is 1.18. The van der Waals surface area contributed by atoms with Crippen molar-refractivity contribution in [2.45, 2.75) is 0 Å². The fourth-order valence-electron chi connectivity index (χ4n) is 0.594. The molecule has 0 aliphatic rings. The quantitative estimate of drug-likeness (QED) is 0.307. The summed E-state index contributed by atoms with van der Waals surface area (Å²) < 4.78 is 4.72. The summed E-state index contributed by atoms with van der Waals surface area (Å²) >= 11 is 0. The summed E-state index contributed by atoms with van der Waals surface area (Å²) in [6, 6.07) is 0. The van der Waals surface area contributed by atoms with Crippen LogP contribution in [0.3, 0.4) is 0 Å². The van der Waals surface area contributed by atoms with Crippen molar-refractivity contribution in [2.75, 3.05) is 33.4 Å². The molecule has 14 heavy (non-hydrogen) atoms. The van der Waals surface area contributed by atoms with Gasteiger partial charge in [-0.25, -0.2) is 0 Å². The third kappa shape index (κ3) is 8.91. The molecule has 0 aromatic heterocycles. The molecule has 0 rings (SSSR count). The van der Waals surface area contributed by atoms with Crippen LogP contribution in [0.4, 0.5) is 0 Å². The van der Waals surface area contributed by atoms with Crippen LogP contribution in [0.2, 0.25) is 0 Å². The fraction of sp³-hybridized carbons (Fsp3) is 0.714. The number of methoxy groups -OCH3 is 1. The molecule has 0 aliphatic heterocycles. The second kappa shape index (κ2) is 8.42. The molecule has 2 amide bonds. The number of hydrogen-bond donors (Lipinski definition) is 3. The van der Waals surface area contributed by atoms with E-state index in [4.69, 9.17) is 10.5 Å². The highest BCUT2D eigenvalue weighted by Crippen LogP contribution is 1.69. The van der Waals surface area contributed by atoms with E-state index in [2.05, 4.69) is 15.6 Å². The fourth-order valence-corrected chi connectivity index (χ4v) is 0.594. The summed E-state index contributed by atoms with van der Waals surface area (Å²) in [6.45, 7) is 0.600. The van der Waals surface area contributed by atoms with Crippen molar-refractivity contribution in [2.24, 2.45) is 5.73 Å². The standard InChI is InChI=1S/C7H15N3O4/c1-13-3-2-9-7(12)4-10-14-5-6(8)11/h10H,2-5H2,1H3,(H2,8,11)(H,9,12). The Morgan fingerprint density at radius 3 is 2.71 bits per heavy atom. The van der Waals surface area contributed by atoms with E-state index >= 15 is 0 Å². The monoisotopic (exact) mass is 205 g/mol. The van der Waals surface area contributed by atoms with Crippen LogP contribution in [-0.2, 0) is 19.2 Å². The SMILES string of the molecule is COCCNC(=O)CNOCC(N)=O. The summed E-state index contributed by atoms with van der Waals surface area (Å²) in [5, 5.41) is 2.55. The van der Waals surface area contributed by atoms with Gasteiger partial charge in [0.2, 0.25) is 11.8 Å². The second-order valence-corrected chi connectivity index (χ2v) is 2.42.